The summed E-state index contributed by atoms with van der Waals surface area (Å²) in [6.07, 6.45) is -2.07. The van der Waals surface area contributed by atoms with Crippen LogP contribution in [0.15, 0.2) is 0 Å². The van der Waals surface area contributed by atoms with Crippen LogP contribution in [0.5, 0.6) is 0 Å². The largest absolute Gasteiger partial charge is 0.391 e. The first-order valence-electron chi connectivity index (χ1n) is 7.06. The second-order valence-electron chi connectivity index (χ2n) is 5.82. The minimum absolute atomic E-state index is 0.0329. The van der Waals surface area contributed by atoms with E-state index in [0.29, 0.717) is 19.6 Å². The Kier molecular flexibility index (Phi) is 4.74. The molecule has 6 heteroatoms. The third-order valence-electron chi connectivity index (χ3n) is 4.34. The lowest BCUT2D eigenvalue weighted by molar-refractivity contribution is -0.188. The molecule has 0 spiro atoms. The number of hydrogen-bond acceptors (Lipinski definition) is 3. The fourth-order valence-corrected chi connectivity index (χ4v) is 3.14. The maximum atomic E-state index is 12.8. The van der Waals surface area contributed by atoms with Crippen molar-refractivity contribution in [3.8, 4) is 0 Å². The van der Waals surface area contributed by atoms with Crippen LogP contribution >= 0.6 is 0 Å². The first-order valence-corrected chi connectivity index (χ1v) is 7.06. The van der Waals surface area contributed by atoms with E-state index in [-0.39, 0.29) is 31.0 Å². The van der Waals surface area contributed by atoms with Gasteiger partial charge in [0.2, 0.25) is 0 Å². The quantitative estimate of drug-likeness (QED) is 0.842. The van der Waals surface area contributed by atoms with Crippen LogP contribution in [-0.4, -0.2) is 49.0 Å². The van der Waals surface area contributed by atoms with Gasteiger partial charge in [0.1, 0.15) is 0 Å². The third kappa shape index (κ3) is 3.83. The van der Waals surface area contributed by atoms with Crippen LogP contribution in [0.3, 0.4) is 0 Å². The molecular weight excluding hydrogens is 257 g/mol. The number of halogens is 3. The van der Waals surface area contributed by atoms with Crippen molar-refractivity contribution in [3.05, 3.63) is 0 Å². The molecule has 0 bridgehead atoms. The van der Waals surface area contributed by atoms with Crippen LogP contribution in [-0.2, 0) is 4.74 Å². The summed E-state index contributed by atoms with van der Waals surface area (Å²) in [5, 5.41) is 0. The number of nitrogens with two attached hydrogens (primary N) is 1. The molecule has 2 rings (SSSR count). The molecule has 1 saturated heterocycles. The Balaban J connectivity index is 1.93. The highest BCUT2D eigenvalue weighted by Crippen LogP contribution is 2.39. The van der Waals surface area contributed by atoms with Crippen LogP contribution < -0.4 is 5.73 Å². The highest BCUT2D eigenvalue weighted by Gasteiger charge is 2.43. The number of hydrogen-bond donors (Lipinski definition) is 1. The molecule has 0 aromatic carbocycles. The normalized spacial score (nSPS) is 36.2. The molecule has 3 nitrogen and oxygen atoms in total. The Hall–Kier alpha value is -0.330. The smallest absolute Gasteiger partial charge is 0.374 e. The third-order valence-corrected chi connectivity index (χ3v) is 4.34. The summed E-state index contributed by atoms with van der Waals surface area (Å²) in [4.78, 5) is 2.15. The second-order valence-corrected chi connectivity index (χ2v) is 5.82. The van der Waals surface area contributed by atoms with E-state index in [4.69, 9.17) is 10.5 Å². The van der Waals surface area contributed by atoms with Gasteiger partial charge in [-0.15, -0.1) is 0 Å². The Morgan fingerprint density at radius 3 is 2.68 bits per heavy atom. The summed E-state index contributed by atoms with van der Waals surface area (Å²) >= 11 is 0. The van der Waals surface area contributed by atoms with Gasteiger partial charge in [-0.2, -0.15) is 13.2 Å². The fourth-order valence-electron chi connectivity index (χ4n) is 3.14. The molecule has 1 heterocycles. The van der Waals surface area contributed by atoms with E-state index in [1.54, 1.807) is 0 Å². The SMILES string of the molecule is CC(N)C1CN(C2CCCC(C(F)(F)F)C2)CCO1. The number of alkyl halides is 3. The van der Waals surface area contributed by atoms with Gasteiger partial charge < -0.3 is 10.5 Å². The molecule has 0 radical (unpaired) electrons. The molecule has 1 saturated carbocycles. The van der Waals surface area contributed by atoms with E-state index in [2.05, 4.69) is 4.90 Å². The summed E-state index contributed by atoms with van der Waals surface area (Å²) in [5.41, 5.74) is 5.82. The van der Waals surface area contributed by atoms with Gasteiger partial charge in [0.25, 0.3) is 0 Å². The van der Waals surface area contributed by atoms with Crippen molar-refractivity contribution in [2.45, 2.75) is 57.0 Å². The van der Waals surface area contributed by atoms with Gasteiger partial charge in [-0.3, -0.25) is 4.90 Å². The molecule has 19 heavy (non-hydrogen) atoms. The Labute approximate surface area is 112 Å². The molecule has 4 atom stereocenters. The maximum absolute atomic E-state index is 12.8. The topological polar surface area (TPSA) is 38.5 Å². The highest BCUT2D eigenvalue weighted by molar-refractivity contribution is 4.87. The summed E-state index contributed by atoms with van der Waals surface area (Å²) in [6.45, 7) is 3.83. The van der Waals surface area contributed by atoms with Crippen LogP contribution in [0.2, 0.25) is 0 Å². The number of rotatable bonds is 2. The zero-order valence-electron chi connectivity index (χ0n) is 11.3. The van der Waals surface area contributed by atoms with Crippen molar-refractivity contribution < 1.29 is 17.9 Å². The van der Waals surface area contributed by atoms with Crippen LogP contribution in [0.4, 0.5) is 13.2 Å². The minimum atomic E-state index is -4.05. The van der Waals surface area contributed by atoms with E-state index in [1.165, 1.54) is 0 Å². The van der Waals surface area contributed by atoms with Gasteiger partial charge in [-0.25, -0.2) is 0 Å². The van der Waals surface area contributed by atoms with Crippen LogP contribution in [0.1, 0.15) is 32.6 Å². The predicted molar refractivity (Wildman–Crippen MR) is 66.8 cm³/mol. The molecule has 2 N–H and O–H groups in total. The molecule has 0 aromatic heterocycles. The van der Waals surface area contributed by atoms with E-state index in [0.717, 1.165) is 13.0 Å². The summed E-state index contributed by atoms with van der Waals surface area (Å²) < 4.78 is 44.0. The summed E-state index contributed by atoms with van der Waals surface area (Å²) in [5.74, 6) is -1.14. The number of nitrogens with zero attached hydrogens (tertiary/aromatic N) is 1. The molecule has 112 valence electrons. The predicted octanol–water partition coefficient (Wildman–Crippen LogP) is 2.16. The lowest BCUT2D eigenvalue weighted by atomic mass is 9.84. The second kappa shape index (κ2) is 5.97. The number of ether oxygens (including phenoxy) is 1. The van der Waals surface area contributed by atoms with E-state index in [9.17, 15) is 13.2 Å². The van der Waals surface area contributed by atoms with Gasteiger partial charge in [0.15, 0.2) is 0 Å². The zero-order valence-corrected chi connectivity index (χ0v) is 11.3. The molecule has 4 unspecified atom stereocenters. The highest BCUT2D eigenvalue weighted by atomic mass is 19.4. The number of morpholine rings is 1. The van der Waals surface area contributed by atoms with Gasteiger partial charge >= 0.3 is 6.18 Å². The van der Waals surface area contributed by atoms with Crippen molar-refractivity contribution in [1.29, 1.82) is 0 Å². The molecule has 1 aliphatic heterocycles. The first-order chi connectivity index (χ1) is 8.88. The lowest BCUT2D eigenvalue weighted by Crippen LogP contribution is -2.54. The van der Waals surface area contributed by atoms with E-state index >= 15 is 0 Å². The summed E-state index contributed by atoms with van der Waals surface area (Å²) in [6, 6.07) is -0.0460. The average molecular weight is 280 g/mol. The zero-order chi connectivity index (χ0) is 14.0. The Morgan fingerprint density at radius 2 is 2.05 bits per heavy atom. The van der Waals surface area contributed by atoms with Crippen LogP contribution in [0.25, 0.3) is 0 Å². The Morgan fingerprint density at radius 1 is 1.32 bits per heavy atom. The van der Waals surface area contributed by atoms with Gasteiger partial charge in [0.05, 0.1) is 18.6 Å². The van der Waals surface area contributed by atoms with Crippen molar-refractivity contribution in [2.75, 3.05) is 19.7 Å². The van der Waals surface area contributed by atoms with Crippen molar-refractivity contribution in [3.63, 3.8) is 0 Å². The fraction of sp³-hybridized carbons (Fsp3) is 1.00. The standard InChI is InChI=1S/C13H23F3N2O/c1-9(17)12-8-18(5-6-19-12)11-4-2-3-10(7-11)13(14,15)16/h9-12H,2-8,17H2,1H3. The van der Waals surface area contributed by atoms with Crippen molar-refractivity contribution in [2.24, 2.45) is 11.7 Å². The van der Waals surface area contributed by atoms with Crippen molar-refractivity contribution in [1.82, 2.24) is 4.90 Å². The molecule has 1 aliphatic carbocycles. The first kappa shape index (κ1) is 15.1. The monoisotopic (exact) mass is 280 g/mol. The average Bonchev–Trinajstić information content (AvgIpc) is 2.38. The lowest BCUT2D eigenvalue weighted by Gasteiger charge is -2.42. The summed E-state index contributed by atoms with van der Waals surface area (Å²) in [7, 11) is 0. The minimum Gasteiger partial charge on any atom is -0.374 e. The molecule has 2 aliphatic rings. The molecule has 0 aromatic rings. The van der Waals surface area contributed by atoms with Gasteiger partial charge in [-0.1, -0.05) is 6.42 Å². The molecule has 0 amide bonds. The Bertz CT molecular complexity index is 296. The maximum Gasteiger partial charge on any atom is 0.391 e. The molecule has 2 fully saturated rings. The molecular formula is C13H23F3N2O. The van der Waals surface area contributed by atoms with E-state index < -0.39 is 12.1 Å². The van der Waals surface area contributed by atoms with Crippen LogP contribution in [0, 0.1) is 5.92 Å². The van der Waals surface area contributed by atoms with Gasteiger partial charge in [-0.05, 0) is 26.2 Å². The van der Waals surface area contributed by atoms with Gasteiger partial charge in [0, 0.05) is 25.2 Å². The van der Waals surface area contributed by atoms with Crippen molar-refractivity contribution >= 4 is 0 Å². The van der Waals surface area contributed by atoms with E-state index in [1.807, 2.05) is 6.92 Å².